The molecule has 1 amide bonds. The van der Waals surface area contributed by atoms with E-state index < -0.39 is 18.0 Å². The zero-order valence-electron chi connectivity index (χ0n) is 26.4. The number of hydrogen-bond acceptors (Lipinski definition) is 10. The van der Waals surface area contributed by atoms with Crippen LogP contribution in [0, 0.1) is 0 Å². The minimum Gasteiger partial charge on any atom is -0.488 e. The maximum Gasteiger partial charge on any atom is 0.303 e. The maximum atomic E-state index is 13.2. The molecule has 1 atom stereocenters. The van der Waals surface area contributed by atoms with Crippen LogP contribution in [0.2, 0.25) is 0 Å². The molecule has 238 valence electrons. The molecule has 0 aliphatic rings. The summed E-state index contributed by atoms with van der Waals surface area (Å²) in [6.07, 6.45) is -0.812. The number of nitrogens with zero attached hydrogens (tertiary/aromatic N) is 3. The van der Waals surface area contributed by atoms with Crippen molar-refractivity contribution in [3.05, 3.63) is 101 Å². The number of esters is 1. The van der Waals surface area contributed by atoms with Crippen molar-refractivity contribution in [1.82, 2.24) is 20.6 Å². The second kappa shape index (κ2) is 14.6. The van der Waals surface area contributed by atoms with Crippen molar-refractivity contribution in [3.8, 4) is 34.2 Å². The lowest BCUT2D eigenvalue weighted by Gasteiger charge is -2.19. The topological polar surface area (TPSA) is 139 Å². The number of hydrogen-bond donors (Lipinski definition) is 1. The van der Waals surface area contributed by atoms with Gasteiger partial charge in [-0.15, -0.1) is 0 Å². The molecule has 0 unspecified atom stereocenters. The standard InChI is InChI=1S/C35H36N4O7/c1-6-36-34(41)31-30(33-37-35(46-39-33)22(4)44-23(5)40)32(45-38-31)27-17-26(21(2)3)28(42-19-24-13-9-7-10-14-24)18-29(27)43-20-25-15-11-8-12-16-25/h7-18,21-22H,6,19-20H2,1-5H3,(H,36,41)/t22-/m0/s1. The smallest absolute Gasteiger partial charge is 0.303 e. The van der Waals surface area contributed by atoms with Crippen LogP contribution in [0.4, 0.5) is 0 Å². The molecule has 46 heavy (non-hydrogen) atoms. The monoisotopic (exact) mass is 624 g/mol. The van der Waals surface area contributed by atoms with Crippen molar-refractivity contribution >= 4 is 11.9 Å². The van der Waals surface area contributed by atoms with Gasteiger partial charge in [-0.1, -0.05) is 84.8 Å². The van der Waals surface area contributed by atoms with E-state index in [2.05, 4.69) is 34.5 Å². The fourth-order valence-corrected chi connectivity index (χ4v) is 4.80. The lowest BCUT2D eigenvalue weighted by Crippen LogP contribution is -2.23. The maximum absolute atomic E-state index is 13.2. The van der Waals surface area contributed by atoms with Crippen LogP contribution in [0.1, 0.15) is 79.7 Å². The van der Waals surface area contributed by atoms with Crippen LogP contribution < -0.4 is 14.8 Å². The molecule has 5 aromatic rings. The first kappa shape index (κ1) is 32.0. The van der Waals surface area contributed by atoms with E-state index in [4.69, 9.17) is 23.3 Å². The second-order valence-corrected chi connectivity index (χ2v) is 10.9. The molecular weight excluding hydrogens is 588 g/mol. The number of benzene rings is 3. The molecule has 0 bridgehead atoms. The summed E-state index contributed by atoms with van der Waals surface area (Å²) in [6.45, 7) is 9.78. The van der Waals surface area contributed by atoms with E-state index in [0.717, 1.165) is 16.7 Å². The van der Waals surface area contributed by atoms with E-state index >= 15 is 0 Å². The predicted octanol–water partition coefficient (Wildman–Crippen LogP) is 7.05. The molecule has 3 aromatic carbocycles. The predicted molar refractivity (Wildman–Crippen MR) is 169 cm³/mol. The molecular formula is C35H36N4O7. The minimum absolute atomic E-state index is 0.0335. The fourth-order valence-electron chi connectivity index (χ4n) is 4.80. The lowest BCUT2D eigenvalue weighted by molar-refractivity contribution is -0.147. The van der Waals surface area contributed by atoms with Gasteiger partial charge in [-0.3, -0.25) is 9.59 Å². The van der Waals surface area contributed by atoms with Gasteiger partial charge in [0.05, 0.1) is 5.56 Å². The van der Waals surface area contributed by atoms with E-state index in [0.29, 0.717) is 30.2 Å². The molecule has 5 rings (SSSR count). The number of rotatable bonds is 13. The molecule has 0 aliphatic carbocycles. The van der Waals surface area contributed by atoms with Gasteiger partial charge in [-0.2, -0.15) is 4.98 Å². The number of aromatic nitrogens is 3. The molecule has 0 aliphatic heterocycles. The Morgan fingerprint density at radius 1 is 0.848 bits per heavy atom. The van der Waals surface area contributed by atoms with E-state index in [-0.39, 0.29) is 41.3 Å². The van der Waals surface area contributed by atoms with Gasteiger partial charge in [0.15, 0.2) is 17.6 Å². The largest absolute Gasteiger partial charge is 0.488 e. The zero-order valence-corrected chi connectivity index (χ0v) is 26.4. The van der Waals surface area contributed by atoms with Crippen LogP contribution in [0.3, 0.4) is 0 Å². The first-order chi connectivity index (χ1) is 22.2. The minimum atomic E-state index is -0.812. The molecule has 0 saturated carbocycles. The van der Waals surface area contributed by atoms with Crippen LogP contribution in [-0.2, 0) is 22.7 Å². The Balaban J connectivity index is 1.65. The van der Waals surface area contributed by atoms with Crippen molar-refractivity contribution < 1.29 is 32.8 Å². The normalized spacial score (nSPS) is 11.7. The first-order valence-electron chi connectivity index (χ1n) is 15.1. The van der Waals surface area contributed by atoms with Gasteiger partial charge in [0.1, 0.15) is 30.3 Å². The quantitative estimate of drug-likeness (QED) is 0.136. The summed E-state index contributed by atoms with van der Waals surface area (Å²) in [5.41, 5.74) is 3.55. The van der Waals surface area contributed by atoms with Gasteiger partial charge in [-0.05, 0) is 42.5 Å². The Kier molecular flexibility index (Phi) is 10.1. The summed E-state index contributed by atoms with van der Waals surface area (Å²) in [7, 11) is 0. The highest BCUT2D eigenvalue weighted by Crippen LogP contribution is 2.44. The van der Waals surface area contributed by atoms with Crippen LogP contribution in [-0.4, -0.2) is 33.7 Å². The highest BCUT2D eigenvalue weighted by molar-refractivity contribution is 6.01. The summed E-state index contributed by atoms with van der Waals surface area (Å²) in [6, 6.07) is 23.4. The number of carbonyl (C=O) groups is 2. The summed E-state index contributed by atoms with van der Waals surface area (Å²) >= 11 is 0. The molecule has 0 fully saturated rings. The molecule has 2 heterocycles. The average Bonchev–Trinajstić information content (AvgIpc) is 3.71. The average molecular weight is 625 g/mol. The molecule has 11 nitrogen and oxygen atoms in total. The first-order valence-corrected chi connectivity index (χ1v) is 15.1. The third-order valence-corrected chi connectivity index (χ3v) is 7.05. The summed E-state index contributed by atoms with van der Waals surface area (Å²) in [4.78, 5) is 29.2. The van der Waals surface area contributed by atoms with Gasteiger partial charge < -0.3 is 28.6 Å². The number of carbonyl (C=O) groups excluding carboxylic acids is 2. The van der Waals surface area contributed by atoms with Crippen LogP contribution in [0.5, 0.6) is 11.5 Å². The van der Waals surface area contributed by atoms with Gasteiger partial charge in [0.25, 0.3) is 11.8 Å². The highest BCUT2D eigenvalue weighted by atomic mass is 16.6. The molecule has 1 N–H and O–H groups in total. The second-order valence-electron chi connectivity index (χ2n) is 10.9. The zero-order chi connectivity index (χ0) is 32.6. The van der Waals surface area contributed by atoms with Crippen LogP contribution in [0.25, 0.3) is 22.7 Å². The molecule has 11 heteroatoms. The number of nitrogens with one attached hydrogen (secondary N) is 1. The van der Waals surface area contributed by atoms with Crippen LogP contribution in [0.15, 0.2) is 81.8 Å². The van der Waals surface area contributed by atoms with E-state index in [1.807, 2.05) is 72.8 Å². The van der Waals surface area contributed by atoms with Gasteiger partial charge in [0.2, 0.25) is 5.82 Å². The highest BCUT2D eigenvalue weighted by Gasteiger charge is 2.31. The molecule has 0 saturated heterocycles. The third-order valence-electron chi connectivity index (χ3n) is 7.05. The van der Waals surface area contributed by atoms with E-state index in [1.54, 1.807) is 13.8 Å². The third kappa shape index (κ3) is 7.43. The van der Waals surface area contributed by atoms with Crippen molar-refractivity contribution in [2.24, 2.45) is 0 Å². The SMILES string of the molecule is CCNC(=O)c1noc(-c2cc(C(C)C)c(OCc3ccccc3)cc2OCc2ccccc2)c1-c1noc([C@H](C)OC(C)=O)n1. The summed E-state index contributed by atoms with van der Waals surface area (Å²) in [5.74, 6) is 0.434. The van der Waals surface area contributed by atoms with Gasteiger partial charge in [-0.25, -0.2) is 0 Å². The Bertz CT molecular complexity index is 1780. The Morgan fingerprint density at radius 3 is 2.07 bits per heavy atom. The fraction of sp³-hybridized carbons (Fsp3) is 0.286. The van der Waals surface area contributed by atoms with Crippen molar-refractivity contribution in [1.29, 1.82) is 0 Å². The summed E-state index contributed by atoms with van der Waals surface area (Å²) < 4.78 is 29.3. The molecule has 0 radical (unpaired) electrons. The van der Waals surface area contributed by atoms with Crippen molar-refractivity contribution in [3.63, 3.8) is 0 Å². The molecule has 0 spiro atoms. The molecule has 2 aromatic heterocycles. The van der Waals surface area contributed by atoms with E-state index in [1.165, 1.54) is 6.92 Å². The number of amides is 1. The van der Waals surface area contributed by atoms with Crippen molar-refractivity contribution in [2.75, 3.05) is 6.54 Å². The summed E-state index contributed by atoms with van der Waals surface area (Å²) in [5, 5.41) is 11.0. The Hall–Kier alpha value is -5.45. The van der Waals surface area contributed by atoms with Gasteiger partial charge >= 0.3 is 5.97 Å². The van der Waals surface area contributed by atoms with Gasteiger partial charge in [0, 0.05) is 19.5 Å². The van der Waals surface area contributed by atoms with E-state index in [9.17, 15) is 9.59 Å². The Morgan fingerprint density at radius 2 is 1.48 bits per heavy atom. The number of ether oxygens (including phenoxy) is 3. The Labute approximate surface area is 266 Å². The lowest BCUT2D eigenvalue weighted by atomic mass is 9.96. The van der Waals surface area contributed by atoms with Crippen LogP contribution >= 0.6 is 0 Å². The van der Waals surface area contributed by atoms with Crippen molar-refractivity contribution in [2.45, 2.75) is 59.9 Å².